The molecule has 0 saturated heterocycles. The number of anilines is 8. The highest BCUT2D eigenvalue weighted by molar-refractivity contribution is 6.33. The van der Waals surface area contributed by atoms with Gasteiger partial charge in [-0.05, 0) is 168 Å². The van der Waals surface area contributed by atoms with Crippen LogP contribution in [0.4, 0.5) is 81.1 Å². The number of fused-ring (bicyclic) bond motifs is 4. The average Bonchev–Trinajstić information content (AvgIpc) is 1.74. The number of rotatable bonds is 12. The first-order valence-corrected chi connectivity index (χ1v) is 33.2. The average molecular weight is 1460 g/mol. The molecule has 0 aliphatic rings. The van der Waals surface area contributed by atoms with E-state index in [1.54, 1.807) is 50.2 Å². The number of para-hydroxylation sites is 2. The minimum Gasteiger partial charge on any atom is -0.338 e. The minimum atomic E-state index is -4.49. The number of hydrogen-bond donors (Lipinski definition) is 8. The molecular weight excluding hydrogens is 1400 g/mol. The number of pyridine rings is 4. The lowest BCUT2D eigenvalue weighted by Crippen LogP contribution is -2.07. The van der Waals surface area contributed by atoms with Crippen LogP contribution in [0.25, 0.3) is 88.6 Å². The van der Waals surface area contributed by atoms with Gasteiger partial charge < -0.3 is 21.3 Å². The molecule has 0 amide bonds. The molecule has 16 nitrogen and oxygen atoms in total. The number of halogens is 10. The van der Waals surface area contributed by atoms with Gasteiger partial charge in [-0.15, -0.1) is 0 Å². The zero-order chi connectivity index (χ0) is 73.7. The summed E-state index contributed by atoms with van der Waals surface area (Å²) in [4.78, 5) is 17.8. The van der Waals surface area contributed by atoms with Crippen LogP contribution in [0.1, 0.15) is 39.5 Å². The van der Waals surface area contributed by atoms with E-state index in [0.717, 1.165) is 96.1 Å². The molecule has 16 aromatic rings. The molecule has 0 radical (unpaired) electrons. The van der Waals surface area contributed by atoms with Gasteiger partial charge in [0.15, 0.2) is 23.3 Å². The van der Waals surface area contributed by atoms with Crippen molar-refractivity contribution >= 4 is 113 Å². The molecule has 16 rings (SSSR count). The summed E-state index contributed by atoms with van der Waals surface area (Å²) in [6.45, 7) is 9.33. The SMILES string of the molecule is Cc1cc(Nc2n[nH]c3ccc(F)cc23)cc(-c2ccccc2C(F)(F)F)n1.Cc1cc(Nc2n[nH]c3ccccc23)cc(-c2ccccc2C(F)(F)F)n1.Cc1cc(Nc2n[nH]c3ccccc23)cc(-c2ccccc2Cl)n1.Cc1nc(-c2ccccc2Cl)cc(Nc2n[nH]c3ccc(F)cc23)c1C. The molecular formula is C79H60Cl2F8N16. The third-order valence-corrected chi connectivity index (χ3v) is 17.4. The zero-order valence-corrected chi connectivity index (χ0v) is 57.7. The highest BCUT2D eigenvalue weighted by Crippen LogP contribution is 2.41. The second kappa shape index (κ2) is 30.2. The molecule has 0 aliphatic heterocycles. The standard InChI is InChI=1S/C20H16ClFN4.C20H14F4N4.C20H15F3N4.C19H15ClN4/c1-11-12(2)23-19(14-5-3-4-6-16(14)21)10-18(11)24-20-15-9-13(22)7-8-17(15)25-26-20;1-11-8-13(26-19-15-9-12(21)6-7-17(15)27-28-19)10-18(25-11)14-4-2-3-5-16(14)20(22,23)24;1-12-10-13(25-19-15-7-3-5-9-17(15)26-27-19)11-18(24-12)14-6-2-4-8-16(14)20(21,22)23;1-12-10-13(11-18(21-12)14-6-2-4-8-16(14)20)22-19-15-7-3-5-9-17(15)23-24-19/h3-10H,1-2H3,(H2,23,24,25,26);2-10H,1H3,(H2,25,26,27,28);2-11H,1H3,(H2,24,25,26,27);2-11H,1H3,(H2,21,22,23,24). The van der Waals surface area contributed by atoms with Crippen LogP contribution in [0.3, 0.4) is 0 Å². The number of alkyl halides is 6. The fourth-order valence-corrected chi connectivity index (χ4v) is 12.2. The number of nitrogens with zero attached hydrogens (tertiary/aromatic N) is 8. The summed E-state index contributed by atoms with van der Waals surface area (Å²) < 4.78 is 107. The summed E-state index contributed by atoms with van der Waals surface area (Å²) in [5, 5.41) is 46.0. The van der Waals surface area contributed by atoms with Crippen LogP contribution in [0.2, 0.25) is 10.0 Å². The molecule has 105 heavy (non-hydrogen) atoms. The van der Waals surface area contributed by atoms with Crippen molar-refractivity contribution in [2.24, 2.45) is 0 Å². The van der Waals surface area contributed by atoms with Gasteiger partial charge in [-0.25, -0.2) is 8.78 Å². The fraction of sp³-hybridized carbons (Fsp3) is 0.0886. The third kappa shape index (κ3) is 16.4. The van der Waals surface area contributed by atoms with Crippen LogP contribution >= 0.6 is 23.2 Å². The van der Waals surface area contributed by atoms with Gasteiger partial charge in [-0.2, -0.15) is 46.7 Å². The van der Waals surface area contributed by atoms with Crippen LogP contribution in [-0.2, 0) is 12.4 Å². The highest BCUT2D eigenvalue weighted by Gasteiger charge is 2.35. The number of aromatic nitrogens is 12. The number of H-pyrrole nitrogens is 4. The molecule has 8 aromatic heterocycles. The van der Waals surface area contributed by atoms with Gasteiger partial charge in [-0.3, -0.25) is 40.3 Å². The topological polar surface area (TPSA) is 214 Å². The van der Waals surface area contributed by atoms with Crippen LogP contribution < -0.4 is 21.3 Å². The number of aryl methyl sites for hydroxylation is 4. The molecule has 8 aromatic carbocycles. The normalized spacial score (nSPS) is 11.4. The lowest BCUT2D eigenvalue weighted by atomic mass is 10.0. The van der Waals surface area contributed by atoms with Gasteiger partial charge >= 0.3 is 12.4 Å². The van der Waals surface area contributed by atoms with Crippen molar-refractivity contribution < 1.29 is 35.1 Å². The molecule has 26 heteroatoms. The van der Waals surface area contributed by atoms with Gasteiger partial charge in [0.05, 0.1) is 56.0 Å². The first kappa shape index (κ1) is 70.9. The molecule has 8 N–H and O–H groups in total. The second-order valence-corrected chi connectivity index (χ2v) is 25.0. The summed E-state index contributed by atoms with van der Waals surface area (Å²) in [5.41, 5.74) is 12.5. The van der Waals surface area contributed by atoms with Gasteiger partial charge in [-0.1, -0.05) is 120 Å². The van der Waals surface area contributed by atoms with Crippen molar-refractivity contribution in [1.82, 2.24) is 60.7 Å². The van der Waals surface area contributed by atoms with Gasteiger partial charge in [0.2, 0.25) is 0 Å². The molecule has 0 fully saturated rings. The maximum absolute atomic E-state index is 13.6. The van der Waals surface area contributed by atoms with E-state index in [0.29, 0.717) is 66.6 Å². The Morgan fingerprint density at radius 1 is 0.324 bits per heavy atom. The lowest BCUT2D eigenvalue weighted by molar-refractivity contribution is -0.137. The number of nitrogens with one attached hydrogen (secondary N) is 8. The smallest absolute Gasteiger partial charge is 0.338 e. The summed E-state index contributed by atoms with van der Waals surface area (Å²) >= 11 is 12.6. The Labute approximate surface area is 604 Å². The number of hydrogen-bond acceptors (Lipinski definition) is 12. The zero-order valence-electron chi connectivity index (χ0n) is 56.2. The summed E-state index contributed by atoms with van der Waals surface area (Å²) in [6, 6.07) is 62.8. The Kier molecular flexibility index (Phi) is 20.4. The van der Waals surface area contributed by atoms with E-state index in [1.807, 2.05) is 136 Å². The van der Waals surface area contributed by atoms with Crippen molar-refractivity contribution in [3.8, 4) is 45.0 Å². The van der Waals surface area contributed by atoms with Crippen molar-refractivity contribution in [1.29, 1.82) is 0 Å². The van der Waals surface area contributed by atoms with Crippen molar-refractivity contribution in [2.75, 3.05) is 21.3 Å². The Balaban J connectivity index is 0.000000124. The Morgan fingerprint density at radius 2 is 0.648 bits per heavy atom. The Bertz CT molecular complexity index is 5850. The fourth-order valence-electron chi connectivity index (χ4n) is 11.7. The molecule has 0 saturated carbocycles. The van der Waals surface area contributed by atoms with Crippen LogP contribution in [0, 0.1) is 46.3 Å². The summed E-state index contributed by atoms with van der Waals surface area (Å²) in [5.74, 6) is 1.62. The molecule has 8 heterocycles. The van der Waals surface area contributed by atoms with Crippen molar-refractivity contribution in [2.45, 2.75) is 47.0 Å². The Hall–Kier alpha value is -12.5. The first-order chi connectivity index (χ1) is 50.5. The van der Waals surface area contributed by atoms with E-state index >= 15 is 0 Å². The molecule has 0 spiro atoms. The Morgan fingerprint density at radius 3 is 1.05 bits per heavy atom. The highest BCUT2D eigenvalue weighted by atomic mass is 35.5. The van der Waals surface area contributed by atoms with E-state index in [4.69, 9.17) is 23.2 Å². The van der Waals surface area contributed by atoms with Crippen LogP contribution in [-0.4, -0.2) is 60.7 Å². The molecule has 526 valence electrons. The molecule has 0 aliphatic carbocycles. The second-order valence-electron chi connectivity index (χ2n) is 24.2. The maximum atomic E-state index is 13.6. The monoisotopic (exact) mass is 1450 g/mol. The van der Waals surface area contributed by atoms with E-state index in [2.05, 4.69) is 82.0 Å². The largest absolute Gasteiger partial charge is 0.417 e. The third-order valence-electron chi connectivity index (χ3n) is 16.7. The maximum Gasteiger partial charge on any atom is 0.417 e. The van der Waals surface area contributed by atoms with Gasteiger partial charge in [0.25, 0.3) is 0 Å². The van der Waals surface area contributed by atoms with Crippen LogP contribution in [0.5, 0.6) is 0 Å². The van der Waals surface area contributed by atoms with E-state index < -0.39 is 29.3 Å². The minimum absolute atomic E-state index is 0.0142. The number of aromatic amines is 4. The van der Waals surface area contributed by atoms with Crippen LogP contribution in [0.15, 0.2) is 224 Å². The molecule has 0 atom stereocenters. The molecule has 0 unspecified atom stereocenters. The van der Waals surface area contributed by atoms with Gasteiger partial charge in [0, 0.05) is 99.4 Å². The van der Waals surface area contributed by atoms with E-state index in [-0.39, 0.29) is 28.3 Å². The first-order valence-electron chi connectivity index (χ1n) is 32.4. The molecule has 0 bridgehead atoms. The lowest BCUT2D eigenvalue weighted by Gasteiger charge is -2.14. The summed E-state index contributed by atoms with van der Waals surface area (Å²) in [7, 11) is 0. The quantitative estimate of drug-likeness (QED) is 0.0537. The summed E-state index contributed by atoms with van der Waals surface area (Å²) in [6.07, 6.45) is -8.94. The predicted molar refractivity (Wildman–Crippen MR) is 400 cm³/mol. The van der Waals surface area contributed by atoms with Crippen molar-refractivity contribution in [3.05, 3.63) is 286 Å². The van der Waals surface area contributed by atoms with Crippen molar-refractivity contribution in [3.63, 3.8) is 0 Å². The van der Waals surface area contributed by atoms with E-state index in [1.165, 1.54) is 60.7 Å². The van der Waals surface area contributed by atoms with E-state index in [9.17, 15) is 35.1 Å². The number of benzene rings is 8. The predicted octanol–water partition coefficient (Wildman–Crippen LogP) is 22.6. The van der Waals surface area contributed by atoms with Gasteiger partial charge in [0.1, 0.15) is 11.6 Å².